The zero-order valence-corrected chi connectivity index (χ0v) is 12.2. The molecule has 3 heteroatoms. The Morgan fingerprint density at radius 2 is 2.18 bits per heavy atom. The SMILES string of the molecule is Cc1ccc(CN[C@@H]2CN(C(C)C)C[C@@H]2C)s1. The van der Waals surface area contributed by atoms with Gasteiger partial charge in [0, 0.05) is 41.5 Å². The Morgan fingerprint density at radius 1 is 1.41 bits per heavy atom. The van der Waals surface area contributed by atoms with E-state index in [1.807, 2.05) is 11.3 Å². The number of nitrogens with zero attached hydrogens (tertiary/aromatic N) is 1. The molecule has 1 aromatic heterocycles. The number of hydrogen-bond donors (Lipinski definition) is 1. The standard InChI is InChI=1S/C14H24N2S/c1-10(2)16-8-11(3)14(9-16)15-7-13-6-5-12(4)17-13/h5-6,10-11,14-15H,7-9H2,1-4H3/t11-,14+/m0/s1. The quantitative estimate of drug-likeness (QED) is 0.886. The Kier molecular flexibility index (Phi) is 4.23. The molecule has 1 fully saturated rings. The number of hydrogen-bond acceptors (Lipinski definition) is 3. The van der Waals surface area contributed by atoms with E-state index in [9.17, 15) is 0 Å². The fraction of sp³-hybridized carbons (Fsp3) is 0.714. The first kappa shape index (κ1) is 13.1. The topological polar surface area (TPSA) is 15.3 Å². The molecule has 0 unspecified atom stereocenters. The van der Waals surface area contributed by atoms with Gasteiger partial charge in [-0.25, -0.2) is 0 Å². The summed E-state index contributed by atoms with van der Waals surface area (Å²) in [5.74, 6) is 0.762. The average Bonchev–Trinajstić information content (AvgIpc) is 2.82. The summed E-state index contributed by atoms with van der Waals surface area (Å²) in [5, 5.41) is 3.71. The van der Waals surface area contributed by atoms with Gasteiger partial charge < -0.3 is 5.32 Å². The zero-order valence-electron chi connectivity index (χ0n) is 11.4. The van der Waals surface area contributed by atoms with E-state index in [1.54, 1.807) is 0 Å². The molecule has 96 valence electrons. The van der Waals surface area contributed by atoms with Crippen LogP contribution in [0, 0.1) is 12.8 Å². The molecule has 1 aliphatic rings. The first-order valence-electron chi connectivity index (χ1n) is 6.59. The first-order valence-corrected chi connectivity index (χ1v) is 7.40. The van der Waals surface area contributed by atoms with Crippen LogP contribution in [0.5, 0.6) is 0 Å². The van der Waals surface area contributed by atoms with Crippen molar-refractivity contribution in [3.05, 3.63) is 21.9 Å². The van der Waals surface area contributed by atoms with Crippen molar-refractivity contribution in [2.45, 2.75) is 46.3 Å². The Hall–Kier alpha value is -0.380. The minimum absolute atomic E-state index is 0.653. The molecule has 0 aliphatic carbocycles. The van der Waals surface area contributed by atoms with Crippen molar-refractivity contribution in [1.82, 2.24) is 10.2 Å². The molecule has 2 rings (SSSR count). The highest BCUT2D eigenvalue weighted by Crippen LogP contribution is 2.20. The maximum absolute atomic E-state index is 3.71. The molecule has 1 saturated heterocycles. The monoisotopic (exact) mass is 252 g/mol. The zero-order chi connectivity index (χ0) is 12.4. The predicted octanol–water partition coefficient (Wildman–Crippen LogP) is 2.87. The van der Waals surface area contributed by atoms with Crippen molar-refractivity contribution in [2.24, 2.45) is 5.92 Å². The summed E-state index contributed by atoms with van der Waals surface area (Å²) in [5.41, 5.74) is 0. The van der Waals surface area contributed by atoms with E-state index in [-0.39, 0.29) is 0 Å². The highest BCUT2D eigenvalue weighted by atomic mass is 32.1. The minimum atomic E-state index is 0.653. The van der Waals surface area contributed by atoms with Crippen LogP contribution in [0.4, 0.5) is 0 Å². The Balaban J connectivity index is 1.83. The highest BCUT2D eigenvalue weighted by molar-refractivity contribution is 7.11. The van der Waals surface area contributed by atoms with Crippen molar-refractivity contribution in [3.63, 3.8) is 0 Å². The van der Waals surface area contributed by atoms with Gasteiger partial charge in [-0.05, 0) is 38.8 Å². The fourth-order valence-electron chi connectivity index (χ4n) is 2.50. The second-order valence-electron chi connectivity index (χ2n) is 5.52. The van der Waals surface area contributed by atoms with Crippen LogP contribution >= 0.6 is 11.3 Å². The van der Waals surface area contributed by atoms with E-state index in [4.69, 9.17) is 0 Å². The molecule has 1 aliphatic heterocycles. The van der Waals surface area contributed by atoms with Crippen LogP contribution in [-0.2, 0) is 6.54 Å². The van der Waals surface area contributed by atoms with Gasteiger partial charge in [0.05, 0.1) is 0 Å². The van der Waals surface area contributed by atoms with E-state index >= 15 is 0 Å². The number of rotatable bonds is 4. The molecule has 2 heterocycles. The second-order valence-corrected chi connectivity index (χ2v) is 6.90. The normalized spacial score (nSPS) is 25.9. The summed E-state index contributed by atoms with van der Waals surface area (Å²) in [6.07, 6.45) is 0. The van der Waals surface area contributed by atoms with E-state index in [0.717, 1.165) is 12.5 Å². The van der Waals surface area contributed by atoms with Crippen LogP contribution < -0.4 is 5.32 Å². The molecule has 2 atom stereocenters. The molecule has 1 N–H and O–H groups in total. The van der Waals surface area contributed by atoms with Crippen molar-refractivity contribution in [2.75, 3.05) is 13.1 Å². The number of nitrogens with one attached hydrogen (secondary N) is 1. The first-order chi connectivity index (χ1) is 8.06. The van der Waals surface area contributed by atoms with E-state index in [2.05, 4.69) is 50.0 Å². The number of aryl methyl sites for hydroxylation is 1. The van der Waals surface area contributed by atoms with Crippen molar-refractivity contribution >= 4 is 11.3 Å². The van der Waals surface area contributed by atoms with Crippen LogP contribution in [0.15, 0.2) is 12.1 Å². The molecule has 0 bridgehead atoms. The molecule has 0 saturated carbocycles. The van der Waals surface area contributed by atoms with Gasteiger partial charge in [-0.3, -0.25) is 4.90 Å². The van der Waals surface area contributed by atoms with E-state index in [0.29, 0.717) is 12.1 Å². The average molecular weight is 252 g/mol. The van der Waals surface area contributed by atoms with Gasteiger partial charge in [-0.1, -0.05) is 6.92 Å². The molecular formula is C14H24N2S. The maximum atomic E-state index is 3.71. The molecule has 0 aromatic carbocycles. The second kappa shape index (κ2) is 5.51. The maximum Gasteiger partial charge on any atom is 0.0303 e. The Morgan fingerprint density at radius 3 is 2.71 bits per heavy atom. The van der Waals surface area contributed by atoms with Gasteiger partial charge in [0.25, 0.3) is 0 Å². The summed E-state index contributed by atoms with van der Waals surface area (Å²) in [4.78, 5) is 5.44. The largest absolute Gasteiger partial charge is 0.308 e. The summed E-state index contributed by atoms with van der Waals surface area (Å²) in [7, 11) is 0. The van der Waals surface area contributed by atoms with Crippen LogP contribution in [0.25, 0.3) is 0 Å². The molecule has 1 aromatic rings. The van der Waals surface area contributed by atoms with Crippen LogP contribution in [0.1, 0.15) is 30.5 Å². The molecule has 17 heavy (non-hydrogen) atoms. The van der Waals surface area contributed by atoms with Crippen LogP contribution in [-0.4, -0.2) is 30.1 Å². The summed E-state index contributed by atoms with van der Waals surface area (Å²) in [6, 6.07) is 5.78. The lowest BCUT2D eigenvalue weighted by molar-refractivity contribution is 0.264. The third-order valence-corrected chi connectivity index (χ3v) is 4.71. The Labute approximate surface area is 109 Å². The van der Waals surface area contributed by atoms with Gasteiger partial charge in [0.2, 0.25) is 0 Å². The van der Waals surface area contributed by atoms with Crippen LogP contribution in [0.3, 0.4) is 0 Å². The molecular weight excluding hydrogens is 228 g/mol. The molecule has 0 radical (unpaired) electrons. The fourth-order valence-corrected chi connectivity index (χ4v) is 3.34. The lowest BCUT2D eigenvalue weighted by Crippen LogP contribution is -2.36. The van der Waals surface area contributed by atoms with Gasteiger partial charge in [-0.2, -0.15) is 0 Å². The van der Waals surface area contributed by atoms with E-state index < -0.39 is 0 Å². The number of likely N-dealkylation sites (tertiary alicyclic amines) is 1. The van der Waals surface area contributed by atoms with Gasteiger partial charge >= 0.3 is 0 Å². The molecule has 0 amide bonds. The minimum Gasteiger partial charge on any atom is -0.308 e. The third-order valence-electron chi connectivity index (χ3n) is 3.71. The summed E-state index contributed by atoms with van der Waals surface area (Å²) < 4.78 is 0. The van der Waals surface area contributed by atoms with Crippen molar-refractivity contribution in [3.8, 4) is 0 Å². The van der Waals surface area contributed by atoms with Gasteiger partial charge in [-0.15, -0.1) is 11.3 Å². The molecule has 0 spiro atoms. The summed E-state index contributed by atoms with van der Waals surface area (Å²) >= 11 is 1.90. The molecule has 2 nitrogen and oxygen atoms in total. The predicted molar refractivity (Wildman–Crippen MR) is 75.6 cm³/mol. The smallest absolute Gasteiger partial charge is 0.0303 e. The number of thiophene rings is 1. The lowest BCUT2D eigenvalue weighted by atomic mass is 10.1. The summed E-state index contributed by atoms with van der Waals surface area (Å²) in [6.45, 7) is 12.6. The highest BCUT2D eigenvalue weighted by Gasteiger charge is 2.30. The lowest BCUT2D eigenvalue weighted by Gasteiger charge is -2.20. The van der Waals surface area contributed by atoms with Crippen molar-refractivity contribution < 1.29 is 0 Å². The third kappa shape index (κ3) is 3.30. The van der Waals surface area contributed by atoms with Gasteiger partial charge in [0.1, 0.15) is 0 Å². The van der Waals surface area contributed by atoms with E-state index in [1.165, 1.54) is 22.8 Å². The van der Waals surface area contributed by atoms with Crippen molar-refractivity contribution in [1.29, 1.82) is 0 Å². The van der Waals surface area contributed by atoms with Crippen LogP contribution in [0.2, 0.25) is 0 Å². The Bertz CT molecular complexity index is 359. The van der Waals surface area contributed by atoms with Gasteiger partial charge in [0.15, 0.2) is 0 Å².